The molecule has 1 amide bonds. The van der Waals surface area contributed by atoms with Crippen LogP contribution in [0.2, 0.25) is 0 Å². The highest BCUT2D eigenvalue weighted by atomic mass is 16.4. The predicted octanol–water partition coefficient (Wildman–Crippen LogP) is 2.53. The van der Waals surface area contributed by atoms with Crippen molar-refractivity contribution in [3.63, 3.8) is 0 Å². The van der Waals surface area contributed by atoms with E-state index >= 15 is 0 Å². The maximum absolute atomic E-state index is 12.2. The summed E-state index contributed by atoms with van der Waals surface area (Å²) in [5.41, 5.74) is 0. The van der Waals surface area contributed by atoms with Crippen LogP contribution in [0.4, 0.5) is 0 Å². The molecular formula is C14H25NO3. The first kappa shape index (κ1) is 15.0. The number of carbonyl (C=O) groups excluding carboxylic acids is 1. The van der Waals surface area contributed by atoms with Crippen LogP contribution in [0.3, 0.4) is 0 Å². The first-order valence-corrected chi connectivity index (χ1v) is 6.98. The normalized spacial score (nSPS) is 16.2. The SMILES string of the molecule is CC(C)CN(CCC(=O)O)C(=O)CC1CCCC1. The molecule has 18 heavy (non-hydrogen) atoms. The molecule has 1 N–H and O–H groups in total. The smallest absolute Gasteiger partial charge is 0.305 e. The molecular weight excluding hydrogens is 230 g/mol. The summed E-state index contributed by atoms with van der Waals surface area (Å²) in [5, 5.41) is 8.72. The molecule has 1 aliphatic carbocycles. The highest BCUT2D eigenvalue weighted by Crippen LogP contribution is 2.28. The first-order valence-electron chi connectivity index (χ1n) is 6.98. The Kier molecular flexibility index (Phi) is 6.16. The minimum absolute atomic E-state index is 0.0448. The third-order valence-electron chi connectivity index (χ3n) is 3.47. The van der Waals surface area contributed by atoms with Gasteiger partial charge in [0, 0.05) is 19.5 Å². The van der Waals surface area contributed by atoms with Crippen LogP contribution in [-0.4, -0.2) is 35.0 Å². The van der Waals surface area contributed by atoms with Gasteiger partial charge in [0.2, 0.25) is 5.91 Å². The van der Waals surface area contributed by atoms with E-state index in [2.05, 4.69) is 13.8 Å². The molecule has 0 aliphatic heterocycles. The first-order chi connectivity index (χ1) is 8.49. The summed E-state index contributed by atoms with van der Waals surface area (Å²) >= 11 is 0. The Labute approximate surface area is 109 Å². The van der Waals surface area contributed by atoms with E-state index in [0.717, 1.165) is 12.8 Å². The fraction of sp³-hybridized carbons (Fsp3) is 0.857. The standard InChI is InChI=1S/C14H25NO3/c1-11(2)10-15(8-7-14(17)18)13(16)9-12-5-3-4-6-12/h11-12H,3-10H2,1-2H3,(H,17,18). The Balaban J connectivity index is 2.45. The molecule has 0 heterocycles. The van der Waals surface area contributed by atoms with Crippen molar-refractivity contribution < 1.29 is 14.7 Å². The summed E-state index contributed by atoms with van der Waals surface area (Å²) in [4.78, 5) is 24.5. The summed E-state index contributed by atoms with van der Waals surface area (Å²) in [6, 6.07) is 0. The molecule has 0 saturated heterocycles. The van der Waals surface area contributed by atoms with Crippen molar-refractivity contribution in [3.8, 4) is 0 Å². The van der Waals surface area contributed by atoms with E-state index in [9.17, 15) is 9.59 Å². The van der Waals surface area contributed by atoms with E-state index in [1.807, 2.05) is 0 Å². The fourth-order valence-corrected chi connectivity index (χ4v) is 2.58. The molecule has 0 aromatic rings. The second-order valence-corrected chi connectivity index (χ2v) is 5.73. The average Bonchev–Trinajstić information content (AvgIpc) is 2.76. The Bertz CT molecular complexity index is 283. The summed E-state index contributed by atoms with van der Waals surface area (Å²) in [7, 11) is 0. The highest BCUT2D eigenvalue weighted by Gasteiger charge is 2.22. The van der Waals surface area contributed by atoms with Gasteiger partial charge in [-0.05, 0) is 24.7 Å². The number of hydrogen-bond donors (Lipinski definition) is 1. The van der Waals surface area contributed by atoms with E-state index in [1.54, 1.807) is 4.90 Å². The number of amides is 1. The monoisotopic (exact) mass is 255 g/mol. The van der Waals surface area contributed by atoms with Gasteiger partial charge < -0.3 is 10.0 Å². The lowest BCUT2D eigenvalue weighted by Gasteiger charge is -2.25. The number of nitrogens with zero attached hydrogens (tertiary/aromatic N) is 1. The number of carbonyl (C=O) groups is 2. The van der Waals surface area contributed by atoms with Gasteiger partial charge in [0.1, 0.15) is 0 Å². The maximum Gasteiger partial charge on any atom is 0.305 e. The second kappa shape index (κ2) is 7.39. The van der Waals surface area contributed by atoms with Gasteiger partial charge in [0.05, 0.1) is 6.42 Å². The third kappa shape index (κ3) is 5.52. The quantitative estimate of drug-likeness (QED) is 0.760. The second-order valence-electron chi connectivity index (χ2n) is 5.73. The molecule has 0 bridgehead atoms. The van der Waals surface area contributed by atoms with Gasteiger partial charge in [0.25, 0.3) is 0 Å². The predicted molar refractivity (Wildman–Crippen MR) is 70.2 cm³/mol. The Morgan fingerprint density at radius 3 is 2.39 bits per heavy atom. The van der Waals surface area contributed by atoms with Gasteiger partial charge in [-0.25, -0.2) is 0 Å². The molecule has 1 fully saturated rings. The van der Waals surface area contributed by atoms with Crippen molar-refractivity contribution in [3.05, 3.63) is 0 Å². The maximum atomic E-state index is 12.2. The van der Waals surface area contributed by atoms with E-state index < -0.39 is 5.97 Å². The van der Waals surface area contributed by atoms with Gasteiger partial charge in [-0.1, -0.05) is 26.7 Å². The van der Waals surface area contributed by atoms with E-state index in [0.29, 0.717) is 31.3 Å². The minimum Gasteiger partial charge on any atom is -0.481 e. The Hall–Kier alpha value is -1.06. The topological polar surface area (TPSA) is 57.6 Å². The molecule has 104 valence electrons. The fourth-order valence-electron chi connectivity index (χ4n) is 2.58. The van der Waals surface area contributed by atoms with Crippen molar-refractivity contribution in [1.82, 2.24) is 4.90 Å². The van der Waals surface area contributed by atoms with Crippen LogP contribution >= 0.6 is 0 Å². The van der Waals surface area contributed by atoms with E-state index in [-0.39, 0.29) is 12.3 Å². The highest BCUT2D eigenvalue weighted by molar-refractivity contribution is 5.77. The third-order valence-corrected chi connectivity index (χ3v) is 3.47. The summed E-state index contributed by atoms with van der Waals surface area (Å²) < 4.78 is 0. The van der Waals surface area contributed by atoms with Crippen LogP contribution in [0.15, 0.2) is 0 Å². The van der Waals surface area contributed by atoms with Crippen molar-refractivity contribution >= 4 is 11.9 Å². The Morgan fingerprint density at radius 1 is 1.28 bits per heavy atom. The van der Waals surface area contributed by atoms with Crippen molar-refractivity contribution in [2.75, 3.05) is 13.1 Å². The van der Waals surface area contributed by atoms with Gasteiger partial charge in [-0.3, -0.25) is 9.59 Å². The number of carboxylic acids is 1. The largest absolute Gasteiger partial charge is 0.481 e. The molecule has 1 rings (SSSR count). The van der Waals surface area contributed by atoms with Crippen LogP contribution in [0.5, 0.6) is 0 Å². The van der Waals surface area contributed by atoms with Gasteiger partial charge in [-0.2, -0.15) is 0 Å². The molecule has 0 unspecified atom stereocenters. The van der Waals surface area contributed by atoms with E-state index in [4.69, 9.17) is 5.11 Å². The lowest BCUT2D eigenvalue weighted by Crippen LogP contribution is -2.36. The zero-order chi connectivity index (χ0) is 13.5. The number of hydrogen-bond acceptors (Lipinski definition) is 2. The van der Waals surface area contributed by atoms with Crippen LogP contribution in [-0.2, 0) is 9.59 Å². The van der Waals surface area contributed by atoms with Crippen LogP contribution in [0.25, 0.3) is 0 Å². The molecule has 0 aromatic heterocycles. The molecule has 1 saturated carbocycles. The molecule has 4 heteroatoms. The van der Waals surface area contributed by atoms with Gasteiger partial charge in [0.15, 0.2) is 0 Å². The number of rotatable bonds is 7. The van der Waals surface area contributed by atoms with Crippen LogP contribution in [0, 0.1) is 11.8 Å². The molecule has 0 spiro atoms. The van der Waals surface area contributed by atoms with Crippen molar-refractivity contribution in [1.29, 1.82) is 0 Å². The minimum atomic E-state index is -0.836. The average molecular weight is 255 g/mol. The zero-order valence-electron chi connectivity index (χ0n) is 11.5. The summed E-state index contributed by atoms with van der Waals surface area (Å²) in [6.45, 7) is 5.12. The van der Waals surface area contributed by atoms with Crippen LogP contribution in [0.1, 0.15) is 52.4 Å². The van der Waals surface area contributed by atoms with Crippen LogP contribution < -0.4 is 0 Å². The van der Waals surface area contributed by atoms with E-state index in [1.165, 1.54) is 12.8 Å². The lowest BCUT2D eigenvalue weighted by atomic mass is 10.0. The number of aliphatic carboxylic acids is 1. The molecule has 1 aliphatic rings. The molecule has 4 nitrogen and oxygen atoms in total. The van der Waals surface area contributed by atoms with Gasteiger partial charge in [-0.15, -0.1) is 0 Å². The molecule has 0 aromatic carbocycles. The number of carboxylic acid groups (broad SMARTS) is 1. The van der Waals surface area contributed by atoms with Crippen molar-refractivity contribution in [2.24, 2.45) is 11.8 Å². The molecule has 0 atom stereocenters. The Morgan fingerprint density at radius 2 is 1.89 bits per heavy atom. The van der Waals surface area contributed by atoms with Crippen molar-refractivity contribution in [2.45, 2.75) is 52.4 Å². The molecule has 0 radical (unpaired) electrons. The lowest BCUT2D eigenvalue weighted by molar-refractivity contribution is -0.139. The van der Waals surface area contributed by atoms with Gasteiger partial charge >= 0.3 is 5.97 Å². The zero-order valence-corrected chi connectivity index (χ0v) is 11.5. The summed E-state index contributed by atoms with van der Waals surface area (Å²) in [5.74, 6) is 0.206. The summed E-state index contributed by atoms with van der Waals surface area (Å²) in [6.07, 6.45) is 5.42.